The van der Waals surface area contributed by atoms with Crippen LogP contribution in [0.15, 0.2) is 24.3 Å². The molecule has 32 heavy (non-hydrogen) atoms. The highest BCUT2D eigenvalue weighted by Gasteiger charge is 2.20. The summed E-state index contributed by atoms with van der Waals surface area (Å²) < 4.78 is 11.5. The number of rotatable bonds is 18. The van der Waals surface area contributed by atoms with E-state index in [9.17, 15) is 9.59 Å². The molecule has 0 aliphatic rings. The van der Waals surface area contributed by atoms with Crippen molar-refractivity contribution in [3.63, 3.8) is 0 Å². The van der Waals surface area contributed by atoms with E-state index in [2.05, 4.69) is 52.0 Å². The first-order chi connectivity index (χ1) is 15.5. The standard InChI is InChI=1S/C26H46O4Si2/c1-5-9-13-21(14-10-6-2)25(27)29-31-23-17-19-24(20-18-23)32-30-26(28)22(15-11-7-3)16-12-8-4/h17-22H,5-16,31-32H2,1-4H3. The van der Waals surface area contributed by atoms with Crippen LogP contribution in [0.4, 0.5) is 0 Å². The van der Waals surface area contributed by atoms with Crippen molar-refractivity contribution in [2.24, 2.45) is 11.8 Å². The van der Waals surface area contributed by atoms with E-state index in [4.69, 9.17) is 8.85 Å². The third-order valence-corrected chi connectivity index (χ3v) is 8.54. The molecule has 1 rings (SSSR count). The van der Waals surface area contributed by atoms with Gasteiger partial charge in [-0.15, -0.1) is 0 Å². The van der Waals surface area contributed by atoms with Crippen molar-refractivity contribution in [2.75, 3.05) is 0 Å². The maximum absolute atomic E-state index is 12.5. The lowest BCUT2D eigenvalue weighted by Crippen LogP contribution is -2.29. The zero-order valence-electron chi connectivity index (χ0n) is 21.0. The van der Waals surface area contributed by atoms with Crippen molar-refractivity contribution < 1.29 is 18.4 Å². The van der Waals surface area contributed by atoms with Crippen LogP contribution in [0.1, 0.15) is 105 Å². The third kappa shape index (κ3) is 12.0. The van der Waals surface area contributed by atoms with Gasteiger partial charge in [-0.25, -0.2) is 0 Å². The minimum atomic E-state index is -1.07. The van der Waals surface area contributed by atoms with Gasteiger partial charge in [-0.1, -0.05) is 103 Å². The van der Waals surface area contributed by atoms with Gasteiger partial charge in [0.2, 0.25) is 0 Å². The molecule has 1 aromatic rings. The molecule has 0 unspecified atom stereocenters. The van der Waals surface area contributed by atoms with E-state index in [1.54, 1.807) is 0 Å². The molecular formula is C26H46O4Si2. The summed E-state index contributed by atoms with van der Waals surface area (Å²) >= 11 is 0. The van der Waals surface area contributed by atoms with Crippen LogP contribution >= 0.6 is 0 Å². The molecule has 4 nitrogen and oxygen atoms in total. The van der Waals surface area contributed by atoms with Crippen LogP contribution in [-0.2, 0) is 18.4 Å². The molecule has 0 aromatic heterocycles. The predicted molar refractivity (Wildman–Crippen MR) is 140 cm³/mol. The van der Waals surface area contributed by atoms with Gasteiger partial charge >= 0.3 is 0 Å². The maximum atomic E-state index is 12.5. The molecule has 0 fully saturated rings. The maximum Gasteiger partial charge on any atom is 0.295 e. The minimum absolute atomic E-state index is 0.00357. The quantitative estimate of drug-likeness (QED) is 0.297. The molecule has 0 saturated carbocycles. The Labute approximate surface area is 201 Å². The van der Waals surface area contributed by atoms with Crippen molar-refractivity contribution in [3.8, 4) is 0 Å². The van der Waals surface area contributed by atoms with Gasteiger partial charge in [-0.3, -0.25) is 9.59 Å². The zero-order chi connectivity index (χ0) is 23.6. The van der Waals surface area contributed by atoms with Crippen LogP contribution < -0.4 is 10.4 Å². The van der Waals surface area contributed by atoms with Crippen LogP contribution in [0.3, 0.4) is 0 Å². The van der Waals surface area contributed by atoms with Gasteiger partial charge in [0.05, 0.1) is 11.8 Å². The zero-order valence-corrected chi connectivity index (χ0v) is 23.8. The summed E-state index contributed by atoms with van der Waals surface area (Å²) in [5, 5.41) is 2.24. The average Bonchev–Trinajstić information content (AvgIpc) is 2.81. The predicted octanol–water partition coefficient (Wildman–Crippen LogP) is 4.18. The number of carbonyl (C=O) groups excluding carboxylic acids is 2. The molecule has 0 N–H and O–H groups in total. The van der Waals surface area contributed by atoms with E-state index in [1.807, 2.05) is 0 Å². The third-order valence-electron chi connectivity index (χ3n) is 6.08. The molecule has 0 atom stereocenters. The van der Waals surface area contributed by atoms with Gasteiger partial charge < -0.3 is 8.85 Å². The highest BCUT2D eigenvalue weighted by atomic mass is 28.2. The van der Waals surface area contributed by atoms with E-state index in [0.717, 1.165) is 87.4 Å². The van der Waals surface area contributed by atoms with E-state index < -0.39 is 19.5 Å². The summed E-state index contributed by atoms with van der Waals surface area (Å²) in [5.74, 6) is 0.107. The van der Waals surface area contributed by atoms with E-state index in [1.165, 1.54) is 0 Å². The Morgan fingerprint density at radius 3 is 1.16 bits per heavy atom. The van der Waals surface area contributed by atoms with Gasteiger partial charge in [0.25, 0.3) is 31.5 Å². The first kappa shape index (κ1) is 28.6. The van der Waals surface area contributed by atoms with Gasteiger partial charge in [-0.05, 0) is 36.1 Å². The number of unbranched alkanes of at least 4 members (excludes halogenated alkanes) is 4. The second kappa shape index (κ2) is 18.1. The summed E-state index contributed by atoms with van der Waals surface area (Å²) in [6.45, 7) is 8.65. The Kier molecular flexibility index (Phi) is 16.2. The van der Waals surface area contributed by atoms with E-state index in [0.29, 0.717) is 0 Å². The molecule has 0 aliphatic carbocycles. The molecule has 0 aliphatic heterocycles. The summed E-state index contributed by atoms with van der Waals surface area (Å²) in [7, 11) is -2.14. The lowest BCUT2D eigenvalue weighted by Gasteiger charge is -2.16. The van der Waals surface area contributed by atoms with Crippen molar-refractivity contribution in [3.05, 3.63) is 24.3 Å². The summed E-state index contributed by atoms with van der Waals surface area (Å²) in [6.07, 6.45) is 12.6. The Balaban J connectivity index is 2.50. The SMILES string of the molecule is CCCCC(CCCC)C(=O)O[SiH2]c1ccc([SiH2]OC(=O)C(CCCC)CCCC)cc1. The highest BCUT2D eigenvalue weighted by Crippen LogP contribution is 2.18. The fourth-order valence-electron chi connectivity index (χ4n) is 3.84. The smallest absolute Gasteiger partial charge is 0.295 e. The van der Waals surface area contributed by atoms with Gasteiger partial charge in [0.1, 0.15) is 0 Å². The molecule has 182 valence electrons. The minimum Gasteiger partial charge on any atom is -0.520 e. The van der Waals surface area contributed by atoms with Crippen molar-refractivity contribution in [1.82, 2.24) is 0 Å². The fraction of sp³-hybridized carbons (Fsp3) is 0.692. The first-order valence-electron chi connectivity index (χ1n) is 13.0. The van der Waals surface area contributed by atoms with Gasteiger partial charge in [-0.2, -0.15) is 0 Å². The number of hydrogen-bond acceptors (Lipinski definition) is 4. The fourth-order valence-corrected chi connectivity index (χ4v) is 5.78. The van der Waals surface area contributed by atoms with Gasteiger partial charge in [0.15, 0.2) is 0 Å². The monoisotopic (exact) mass is 478 g/mol. The Morgan fingerprint density at radius 2 is 0.906 bits per heavy atom. The van der Waals surface area contributed by atoms with Crippen LogP contribution in [0.2, 0.25) is 0 Å². The summed E-state index contributed by atoms with van der Waals surface area (Å²) in [4.78, 5) is 25.1. The largest absolute Gasteiger partial charge is 0.520 e. The number of carbonyl (C=O) groups is 2. The lowest BCUT2D eigenvalue weighted by atomic mass is 9.96. The van der Waals surface area contributed by atoms with Gasteiger partial charge in [0, 0.05) is 0 Å². The van der Waals surface area contributed by atoms with E-state index in [-0.39, 0.29) is 23.8 Å². The molecule has 0 radical (unpaired) electrons. The number of hydrogen-bond donors (Lipinski definition) is 0. The molecular weight excluding hydrogens is 432 g/mol. The van der Waals surface area contributed by atoms with Crippen molar-refractivity contribution >= 4 is 41.8 Å². The van der Waals surface area contributed by atoms with Crippen molar-refractivity contribution in [2.45, 2.75) is 105 Å². The second-order valence-electron chi connectivity index (χ2n) is 8.99. The van der Waals surface area contributed by atoms with E-state index >= 15 is 0 Å². The number of benzene rings is 1. The lowest BCUT2D eigenvalue weighted by molar-refractivity contribution is -0.140. The Bertz CT molecular complexity index is 562. The van der Waals surface area contributed by atoms with Crippen LogP contribution in [0.5, 0.6) is 0 Å². The van der Waals surface area contributed by atoms with Crippen molar-refractivity contribution in [1.29, 1.82) is 0 Å². The summed E-state index contributed by atoms with van der Waals surface area (Å²) in [6, 6.07) is 8.20. The second-order valence-corrected chi connectivity index (χ2v) is 11.8. The molecule has 0 saturated heterocycles. The normalized spacial score (nSPS) is 11.9. The summed E-state index contributed by atoms with van der Waals surface area (Å²) in [5.41, 5.74) is 0. The molecule has 1 aromatic carbocycles. The van der Waals surface area contributed by atoms with Crippen LogP contribution in [0.25, 0.3) is 0 Å². The van der Waals surface area contributed by atoms with Crippen LogP contribution in [0, 0.1) is 11.8 Å². The topological polar surface area (TPSA) is 52.6 Å². The highest BCUT2D eigenvalue weighted by molar-refractivity contribution is 6.51. The first-order valence-corrected chi connectivity index (χ1v) is 15.5. The molecule has 0 amide bonds. The molecule has 0 bridgehead atoms. The van der Waals surface area contributed by atoms with Crippen LogP contribution in [-0.4, -0.2) is 31.5 Å². The Morgan fingerprint density at radius 1 is 0.625 bits per heavy atom. The molecule has 0 spiro atoms. The molecule has 6 heteroatoms. The average molecular weight is 479 g/mol. The Hall–Kier alpha value is -1.41. The molecule has 0 heterocycles.